The zero-order valence-corrected chi connectivity index (χ0v) is 22.2. The van der Waals surface area contributed by atoms with Crippen LogP contribution in [0.2, 0.25) is 0 Å². The van der Waals surface area contributed by atoms with Crippen LogP contribution < -0.4 is 0 Å². The highest BCUT2D eigenvalue weighted by Gasteiger charge is 2.79. The number of hydrogen-bond acceptors (Lipinski definition) is 8. The Bertz CT molecular complexity index is 1290. The van der Waals surface area contributed by atoms with Crippen molar-refractivity contribution in [3.63, 3.8) is 0 Å². The molecule has 208 valence electrons. The summed E-state index contributed by atoms with van der Waals surface area (Å²) in [6, 6.07) is 6.49. The highest BCUT2D eigenvalue weighted by Crippen LogP contribution is 2.64. The maximum Gasteiger partial charge on any atom is 0.313 e. The van der Waals surface area contributed by atoms with E-state index in [1.807, 2.05) is 31.2 Å². The van der Waals surface area contributed by atoms with Crippen LogP contribution in [-0.4, -0.2) is 91.2 Å². The summed E-state index contributed by atoms with van der Waals surface area (Å²) in [6.45, 7) is 9.72. The molecule has 1 aromatic carbocycles. The molecule has 1 N–H and O–H groups in total. The second kappa shape index (κ2) is 10.5. The van der Waals surface area contributed by atoms with Gasteiger partial charge in [-0.05, 0) is 37.8 Å². The number of nitrogens with zero attached hydrogens (tertiary/aromatic N) is 5. The highest BCUT2D eigenvalue weighted by molar-refractivity contribution is 5.98. The molecule has 39 heavy (non-hydrogen) atoms. The lowest BCUT2D eigenvalue weighted by molar-refractivity contribution is -0.161. The summed E-state index contributed by atoms with van der Waals surface area (Å²) in [7, 11) is 0. The lowest BCUT2D eigenvalue weighted by Crippen LogP contribution is -2.56. The molecule has 4 heterocycles. The van der Waals surface area contributed by atoms with Gasteiger partial charge in [0.2, 0.25) is 11.8 Å². The van der Waals surface area contributed by atoms with Crippen LogP contribution in [0.1, 0.15) is 32.6 Å². The van der Waals surface area contributed by atoms with Crippen molar-refractivity contribution in [2.45, 2.75) is 56.5 Å². The third-order valence-corrected chi connectivity index (χ3v) is 8.46. The van der Waals surface area contributed by atoms with Crippen LogP contribution in [0.4, 0.5) is 0 Å². The van der Waals surface area contributed by atoms with Crippen LogP contribution >= 0.6 is 0 Å². The smallest absolute Gasteiger partial charge is 0.313 e. The molecule has 2 amide bonds. The van der Waals surface area contributed by atoms with Crippen LogP contribution in [0, 0.1) is 11.8 Å². The number of fused-ring (bicyclic) bond motifs is 2. The second-order valence-corrected chi connectivity index (χ2v) is 10.4. The first kappa shape index (κ1) is 27.0. The molecule has 11 nitrogen and oxygen atoms in total. The van der Waals surface area contributed by atoms with Crippen molar-refractivity contribution in [3.8, 4) is 0 Å². The number of ether oxygens (including phenoxy) is 2. The van der Waals surface area contributed by atoms with Gasteiger partial charge in [0, 0.05) is 19.7 Å². The van der Waals surface area contributed by atoms with Gasteiger partial charge in [0.05, 0.1) is 17.0 Å². The van der Waals surface area contributed by atoms with Gasteiger partial charge in [-0.1, -0.05) is 43.0 Å². The Morgan fingerprint density at radius 2 is 2.08 bits per heavy atom. The summed E-state index contributed by atoms with van der Waals surface area (Å²) in [4.78, 5) is 44.9. The molecule has 2 unspecified atom stereocenters. The molecule has 2 bridgehead atoms. The van der Waals surface area contributed by atoms with Gasteiger partial charge in [0.15, 0.2) is 0 Å². The van der Waals surface area contributed by atoms with E-state index in [1.165, 1.54) is 11.0 Å². The van der Waals surface area contributed by atoms with Crippen molar-refractivity contribution in [1.29, 1.82) is 0 Å². The summed E-state index contributed by atoms with van der Waals surface area (Å²) in [5.74, 6) is -2.83. The van der Waals surface area contributed by atoms with Gasteiger partial charge in [-0.15, -0.1) is 11.7 Å². The fraction of sp³-hybridized carbons (Fsp3) is 0.536. The minimum Gasteiger partial charge on any atom is -0.461 e. The first-order chi connectivity index (χ1) is 18.9. The minimum absolute atomic E-state index is 0.0264. The van der Waals surface area contributed by atoms with Gasteiger partial charge in [-0.3, -0.25) is 14.4 Å². The molecular formula is C28H35N5O6. The van der Waals surface area contributed by atoms with Gasteiger partial charge in [-0.2, -0.15) is 0 Å². The molecule has 1 spiro atoms. The van der Waals surface area contributed by atoms with E-state index in [1.54, 1.807) is 15.7 Å². The van der Waals surface area contributed by atoms with E-state index < -0.39 is 35.0 Å². The average molecular weight is 538 g/mol. The number of aliphatic hydroxyl groups excluding tert-OH is 1. The third-order valence-electron chi connectivity index (χ3n) is 8.46. The fourth-order valence-electron chi connectivity index (χ4n) is 6.80. The van der Waals surface area contributed by atoms with Gasteiger partial charge in [0.25, 0.3) is 0 Å². The number of esters is 1. The molecule has 0 radical (unpaired) electrons. The van der Waals surface area contributed by atoms with Gasteiger partial charge in [-0.25, -0.2) is 4.68 Å². The Kier molecular flexibility index (Phi) is 7.30. The molecule has 0 aliphatic carbocycles. The van der Waals surface area contributed by atoms with E-state index in [0.29, 0.717) is 24.8 Å². The van der Waals surface area contributed by atoms with E-state index in [2.05, 4.69) is 23.5 Å². The maximum atomic E-state index is 14.4. The Morgan fingerprint density at radius 1 is 1.28 bits per heavy atom. The molecule has 3 aliphatic rings. The molecule has 5 atom stereocenters. The van der Waals surface area contributed by atoms with Crippen LogP contribution in [-0.2, 0) is 30.5 Å². The van der Waals surface area contributed by atoms with E-state index in [-0.39, 0.29) is 51.2 Å². The van der Waals surface area contributed by atoms with E-state index >= 15 is 0 Å². The predicted molar refractivity (Wildman–Crippen MR) is 141 cm³/mol. The van der Waals surface area contributed by atoms with Crippen molar-refractivity contribution in [2.75, 3.05) is 26.3 Å². The summed E-state index contributed by atoms with van der Waals surface area (Å²) in [6.07, 6.45) is 4.90. The quantitative estimate of drug-likeness (QED) is 0.320. The number of benzene rings is 1. The summed E-state index contributed by atoms with van der Waals surface area (Å²) < 4.78 is 13.8. The van der Waals surface area contributed by atoms with Crippen molar-refractivity contribution < 1.29 is 29.0 Å². The number of aliphatic hydroxyl groups is 1. The molecule has 1 aromatic heterocycles. The van der Waals surface area contributed by atoms with Gasteiger partial charge in [0.1, 0.15) is 36.4 Å². The average Bonchev–Trinajstić information content (AvgIpc) is 3.67. The van der Waals surface area contributed by atoms with Crippen LogP contribution in [0.5, 0.6) is 0 Å². The van der Waals surface area contributed by atoms with E-state index in [0.717, 1.165) is 5.52 Å². The van der Waals surface area contributed by atoms with Crippen molar-refractivity contribution in [3.05, 3.63) is 49.6 Å². The number of likely N-dealkylation sites (tertiary alicyclic amines) is 1. The Hall–Kier alpha value is -3.57. The molecule has 3 aliphatic heterocycles. The predicted octanol–water partition coefficient (Wildman–Crippen LogP) is 1.67. The SMILES string of the molecule is C=CCOC(=O)[C@@H]1[C@H]2C(=O)N(CCCO)C(C(=O)N(CC=C)Cn3nnc4ccccc43)C23CC[C@@]1(CC)O3. The summed E-state index contributed by atoms with van der Waals surface area (Å²) in [5.41, 5.74) is -0.596. The molecule has 5 rings (SSSR count). The van der Waals surface area contributed by atoms with Gasteiger partial charge >= 0.3 is 5.97 Å². The Labute approximate surface area is 227 Å². The summed E-state index contributed by atoms with van der Waals surface area (Å²) in [5, 5.41) is 18.0. The largest absolute Gasteiger partial charge is 0.461 e. The highest BCUT2D eigenvalue weighted by atomic mass is 16.6. The van der Waals surface area contributed by atoms with Crippen LogP contribution in [0.3, 0.4) is 0 Å². The molecule has 2 aromatic rings. The lowest BCUT2D eigenvalue weighted by atomic mass is 9.65. The van der Waals surface area contributed by atoms with Crippen molar-refractivity contribution in [2.24, 2.45) is 11.8 Å². The van der Waals surface area contributed by atoms with Gasteiger partial charge < -0.3 is 24.4 Å². The number of para-hydroxylation sites is 1. The first-order valence-electron chi connectivity index (χ1n) is 13.4. The topological polar surface area (TPSA) is 127 Å². The fourth-order valence-corrected chi connectivity index (χ4v) is 6.80. The molecule has 3 fully saturated rings. The molecule has 3 saturated heterocycles. The number of carbonyl (C=O) groups excluding carboxylic acids is 3. The normalized spacial score (nSPS) is 29.0. The monoisotopic (exact) mass is 537 g/mol. The zero-order chi connectivity index (χ0) is 27.8. The van der Waals surface area contributed by atoms with Crippen molar-refractivity contribution in [1.82, 2.24) is 24.8 Å². The number of carbonyl (C=O) groups is 3. The Morgan fingerprint density at radius 3 is 2.79 bits per heavy atom. The second-order valence-electron chi connectivity index (χ2n) is 10.4. The number of aromatic nitrogens is 3. The number of rotatable bonds is 12. The van der Waals surface area contributed by atoms with Crippen LogP contribution in [0.15, 0.2) is 49.6 Å². The number of amides is 2. The van der Waals surface area contributed by atoms with E-state index in [4.69, 9.17) is 9.47 Å². The zero-order valence-electron chi connectivity index (χ0n) is 22.2. The summed E-state index contributed by atoms with van der Waals surface area (Å²) >= 11 is 0. The third kappa shape index (κ3) is 4.15. The Balaban J connectivity index is 1.54. The maximum absolute atomic E-state index is 14.4. The lowest BCUT2D eigenvalue weighted by Gasteiger charge is -2.36. The molecule has 0 saturated carbocycles. The molecule has 11 heteroatoms. The van der Waals surface area contributed by atoms with E-state index in [9.17, 15) is 19.5 Å². The number of hydrogen-bond donors (Lipinski definition) is 1. The van der Waals surface area contributed by atoms with Crippen molar-refractivity contribution >= 4 is 28.8 Å². The standard InChI is InChI=1S/C28H35N5O6/c1-4-14-31(18-33-20-11-8-7-10-19(20)29-30-33)25(36)23-28-13-12-27(6-3,39-28)22(26(37)38-17-5-2)21(28)24(35)32(23)15-9-16-34/h4-5,7-8,10-11,21-23,34H,1-2,6,9,12-18H2,3H3/t21-,22-,23?,27+,28?/m0/s1. The van der Waals surface area contributed by atoms with Crippen LogP contribution in [0.25, 0.3) is 11.0 Å². The minimum atomic E-state index is -1.18. The molecular weight excluding hydrogens is 502 g/mol. The first-order valence-corrected chi connectivity index (χ1v) is 13.4.